The molecule has 0 heterocycles. The molecule has 2 N–H and O–H groups in total. The summed E-state index contributed by atoms with van der Waals surface area (Å²) in [7, 11) is 0. The van der Waals surface area contributed by atoms with Crippen LogP contribution < -0.4 is 5.32 Å². The Labute approximate surface area is 104 Å². The van der Waals surface area contributed by atoms with E-state index in [-0.39, 0.29) is 5.92 Å². The molecule has 4 heteroatoms. The van der Waals surface area contributed by atoms with Gasteiger partial charge in [0.15, 0.2) is 0 Å². The predicted molar refractivity (Wildman–Crippen MR) is 67.2 cm³/mol. The van der Waals surface area contributed by atoms with Crippen molar-refractivity contribution in [2.24, 2.45) is 5.92 Å². The molecule has 0 aromatic heterocycles. The molecular weight excluding hydrogens is 270 g/mol. The molecule has 0 spiro atoms. The summed E-state index contributed by atoms with van der Waals surface area (Å²) in [5.74, 6) is -0.722. The lowest BCUT2D eigenvalue weighted by Gasteiger charge is -2.17. The van der Waals surface area contributed by atoms with Crippen LogP contribution in [0, 0.1) is 5.92 Å². The van der Waals surface area contributed by atoms with Crippen LogP contribution in [0.15, 0.2) is 28.7 Å². The fourth-order valence-electron chi connectivity index (χ4n) is 1.44. The summed E-state index contributed by atoms with van der Waals surface area (Å²) in [5, 5.41) is 12.0. The quantitative estimate of drug-likeness (QED) is 0.875. The first kappa shape index (κ1) is 13.2. The Morgan fingerprint density at radius 2 is 1.94 bits per heavy atom. The maximum Gasteiger partial charge on any atom is 0.320 e. The standard InChI is InChI=1S/C12H16BrNO2/c1-8(2)11(12(15)16)14-7-9-3-5-10(13)6-4-9/h3-6,8,11,14H,7H2,1-2H3,(H,15,16)/t11-/m0/s1. The zero-order valence-corrected chi connectivity index (χ0v) is 11.0. The average molecular weight is 286 g/mol. The second-order valence-electron chi connectivity index (χ2n) is 4.07. The maximum atomic E-state index is 10.9. The number of nitrogens with one attached hydrogen (secondary N) is 1. The SMILES string of the molecule is CC(C)[C@H](NCc1ccc(Br)cc1)C(=O)O. The van der Waals surface area contributed by atoms with Crippen molar-refractivity contribution >= 4 is 21.9 Å². The molecule has 1 aromatic carbocycles. The van der Waals surface area contributed by atoms with Crippen LogP contribution in [0.25, 0.3) is 0 Å². The van der Waals surface area contributed by atoms with Crippen LogP contribution in [0.1, 0.15) is 19.4 Å². The van der Waals surface area contributed by atoms with Gasteiger partial charge < -0.3 is 10.4 Å². The summed E-state index contributed by atoms with van der Waals surface area (Å²) in [6, 6.07) is 7.33. The minimum absolute atomic E-state index is 0.0768. The van der Waals surface area contributed by atoms with Gasteiger partial charge >= 0.3 is 5.97 Å². The number of carboxylic acids is 1. The normalized spacial score (nSPS) is 12.8. The van der Waals surface area contributed by atoms with Gasteiger partial charge in [-0.2, -0.15) is 0 Å². The summed E-state index contributed by atoms with van der Waals surface area (Å²) >= 11 is 3.36. The zero-order chi connectivity index (χ0) is 12.1. The highest BCUT2D eigenvalue weighted by molar-refractivity contribution is 9.10. The van der Waals surface area contributed by atoms with E-state index in [1.807, 2.05) is 38.1 Å². The van der Waals surface area contributed by atoms with Crippen LogP contribution in [-0.2, 0) is 11.3 Å². The van der Waals surface area contributed by atoms with Crippen LogP contribution in [0.3, 0.4) is 0 Å². The summed E-state index contributed by atoms with van der Waals surface area (Å²) in [6.45, 7) is 4.36. The summed E-state index contributed by atoms with van der Waals surface area (Å²) < 4.78 is 1.02. The maximum absolute atomic E-state index is 10.9. The van der Waals surface area contributed by atoms with Gasteiger partial charge in [0.1, 0.15) is 6.04 Å². The fourth-order valence-corrected chi connectivity index (χ4v) is 1.70. The largest absolute Gasteiger partial charge is 0.480 e. The number of aliphatic carboxylic acids is 1. The average Bonchev–Trinajstić information content (AvgIpc) is 2.20. The Kier molecular flexibility index (Phi) is 4.96. The first-order valence-electron chi connectivity index (χ1n) is 5.21. The van der Waals surface area contributed by atoms with Crippen molar-refractivity contribution in [3.8, 4) is 0 Å². The molecule has 0 aliphatic carbocycles. The molecule has 0 unspecified atom stereocenters. The second kappa shape index (κ2) is 6.01. The van der Waals surface area contributed by atoms with E-state index in [0.717, 1.165) is 10.0 Å². The van der Waals surface area contributed by atoms with Gasteiger partial charge in [-0.15, -0.1) is 0 Å². The molecule has 0 saturated carbocycles. The molecule has 0 aliphatic rings. The van der Waals surface area contributed by atoms with E-state index in [9.17, 15) is 4.79 Å². The molecular formula is C12H16BrNO2. The molecule has 0 aliphatic heterocycles. The van der Waals surface area contributed by atoms with Crippen molar-refractivity contribution in [3.05, 3.63) is 34.3 Å². The number of hydrogen-bond acceptors (Lipinski definition) is 2. The van der Waals surface area contributed by atoms with Crippen LogP contribution >= 0.6 is 15.9 Å². The Morgan fingerprint density at radius 1 is 1.38 bits per heavy atom. The molecule has 0 amide bonds. The predicted octanol–water partition coefficient (Wildman–Crippen LogP) is 2.65. The monoisotopic (exact) mass is 285 g/mol. The lowest BCUT2D eigenvalue weighted by Crippen LogP contribution is -2.40. The van der Waals surface area contributed by atoms with Gasteiger partial charge in [0, 0.05) is 11.0 Å². The van der Waals surface area contributed by atoms with Gasteiger partial charge in [-0.1, -0.05) is 41.9 Å². The molecule has 0 radical (unpaired) electrons. The van der Waals surface area contributed by atoms with Gasteiger partial charge in [0.05, 0.1) is 0 Å². The van der Waals surface area contributed by atoms with Gasteiger partial charge in [-0.3, -0.25) is 4.79 Å². The van der Waals surface area contributed by atoms with Gasteiger partial charge in [-0.25, -0.2) is 0 Å². The number of carboxylic acid groups (broad SMARTS) is 1. The van der Waals surface area contributed by atoms with Crippen molar-refractivity contribution in [2.75, 3.05) is 0 Å². The van der Waals surface area contributed by atoms with E-state index in [1.54, 1.807) is 0 Å². The Morgan fingerprint density at radius 3 is 2.38 bits per heavy atom. The lowest BCUT2D eigenvalue weighted by molar-refractivity contribution is -0.140. The van der Waals surface area contributed by atoms with Crippen LogP contribution in [0.2, 0.25) is 0 Å². The van der Waals surface area contributed by atoms with E-state index in [0.29, 0.717) is 6.54 Å². The van der Waals surface area contributed by atoms with Crippen LogP contribution in [0.4, 0.5) is 0 Å². The minimum atomic E-state index is -0.799. The zero-order valence-electron chi connectivity index (χ0n) is 9.40. The summed E-state index contributed by atoms with van der Waals surface area (Å²) in [4.78, 5) is 10.9. The molecule has 1 aromatic rings. The lowest BCUT2D eigenvalue weighted by atomic mass is 10.0. The molecule has 88 valence electrons. The van der Waals surface area contributed by atoms with E-state index in [2.05, 4.69) is 21.2 Å². The van der Waals surface area contributed by atoms with Crippen LogP contribution in [0.5, 0.6) is 0 Å². The topological polar surface area (TPSA) is 49.3 Å². The Hall–Kier alpha value is -0.870. The third-order valence-electron chi connectivity index (χ3n) is 2.37. The van der Waals surface area contributed by atoms with Gasteiger partial charge in [-0.05, 0) is 23.6 Å². The highest BCUT2D eigenvalue weighted by Gasteiger charge is 2.20. The number of halogens is 1. The first-order valence-corrected chi connectivity index (χ1v) is 6.00. The summed E-state index contributed by atoms with van der Waals surface area (Å²) in [5.41, 5.74) is 1.08. The van der Waals surface area contributed by atoms with Crippen molar-refractivity contribution in [1.82, 2.24) is 5.32 Å². The van der Waals surface area contributed by atoms with E-state index < -0.39 is 12.0 Å². The fraction of sp³-hybridized carbons (Fsp3) is 0.417. The highest BCUT2D eigenvalue weighted by Crippen LogP contribution is 2.11. The number of benzene rings is 1. The molecule has 0 bridgehead atoms. The molecule has 0 saturated heterocycles. The van der Waals surface area contributed by atoms with E-state index >= 15 is 0 Å². The molecule has 1 atom stereocenters. The highest BCUT2D eigenvalue weighted by atomic mass is 79.9. The molecule has 3 nitrogen and oxygen atoms in total. The second-order valence-corrected chi connectivity index (χ2v) is 4.98. The Bertz CT molecular complexity index is 349. The van der Waals surface area contributed by atoms with Gasteiger partial charge in [0.25, 0.3) is 0 Å². The molecule has 0 fully saturated rings. The van der Waals surface area contributed by atoms with Crippen molar-refractivity contribution in [3.63, 3.8) is 0 Å². The van der Waals surface area contributed by atoms with Crippen LogP contribution in [-0.4, -0.2) is 17.1 Å². The first-order chi connectivity index (χ1) is 7.50. The summed E-state index contributed by atoms with van der Waals surface area (Å²) in [6.07, 6.45) is 0. The van der Waals surface area contributed by atoms with Crippen molar-refractivity contribution in [1.29, 1.82) is 0 Å². The third-order valence-corrected chi connectivity index (χ3v) is 2.90. The molecule has 1 rings (SSSR count). The number of carbonyl (C=O) groups is 1. The van der Waals surface area contributed by atoms with E-state index in [4.69, 9.17) is 5.11 Å². The number of hydrogen-bond donors (Lipinski definition) is 2. The van der Waals surface area contributed by atoms with E-state index in [1.165, 1.54) is 0 Å². The Balaban J connectivity index is 2.55. The minimum Gasteiger partial charge on any atom is -0.480 e. The van der Waals surface area contributed by atoms with Crippen molar-refractivity contribution in [2.45, 2.75) is 26.4 Å². The smallest absolute Gasteiger partial charge is 0.320 e. The molecule has 16 heavy (non-hydrogen) atoms. The number of rotatable bonds is 5. The van der Waals surface area contributed by atoms with Crippen molar-refractivity contribution < 1.29 is 9.90 Å². The van der Waals surface area contributed by atoms with Gasteiger partial charge in [0.2, 0.25) is 0 Å². The third kappa shape index (κ3) is 3.94.